The third-order valence-electron chi connectivity index (χ3n) is 2.08. The van der Waals surface area contributed by atoms with Crippen LogP contribution >= 0.6 is 0 Å². The summed E-state index contributed by atoms with van der Waals surface area (Å²) in [6, 6.07) is 1.80. The second-order valence-electron chi connectivity index (χ2n) is 3.41. The van der Waals surface area contributed by atoms with Crippen LogP contribution in [0.3, 0.4) is 0 Å². The van der Waals surface area contributed by atoms with Crippen molar-refractivity contribution in [2.45, 2.75) is 6.92 Å². The number of H-pyrrole nitrogens is 1. The second kappa shape index (κ2) is 6.10. The number of non-ortho nitro benzene ring substituents is 1. The first-order valence-corrected chi connectivity index (χ1v) is 4.98. The largest absolute Gasteiger partial charge is 0.502 e. The van der Waals surface area contributed by atoms with E-state index < -0.39 is 27.0 Å². The van der Waals surface area contributed by atoms with Crippen molar-refractivity contribution in [3.63, 3.8) is 0 Å². The van der Waals surface area contributed by atoms with E-state index in [-0.39, 0.29) is 5.56 Å². The summed E-state index contributed by atoms with van der Waals surface area (Å²) < 4.78 is 0. The van der Waals surface area contributed by atoms with Gasteiger partial charge in [0.15, 0.2) is 5.75 Å². The number of phenolic OH excluding ortho intramolecular Hbond substituents is 1. The van der Waals surface area contributed by atoms with Gasteiger partial charge in [0.2, 0.25) is 0 Å². The van der Waals surface area contributed by atoms with E-state index in [2.05, 4.69) is 9.97 Å². The lowest BCUT2D eigenvalue weighted by molar-refractivity contribution is -0.394. The summed E-state index contributed by atoms with van der Waals surface area (Å²) in [7, 11) is 0. The van der Waals surface area contributed by atoms with Gasteiger partial charge in [0.1, 0.15) is 0 Å². The summed E-state index contributed by atoms with van der Waals surface area (Å²) in [5.41, 5.74) is -0.963. The quantitative estimate of drug-likeness (QED) is 0.629. The van der Waals surface area contributed by atoms with Crippen LogP contribution in [0.2, 0.25) is 0 Å². The molecule has 0 spiro atoms. The van der Waals surface area contributed by atoms with E-state index >= 15 is 0 Å². The van der Waals surface area contributed by atoms with Crippen LogP contribution in [-0.2, 0) is 0 Å². The first kappa shape index (κ1) is 14.1. The van der Waals surface area contributed by atoms with Gasteiger partial charge in [-0.05, 0) is 6.92 Å². The van der Waals surface area contributed by atoms with E-state index in [4.69, 9.17) is 0 Å². The van der Waals surface area contributed by atoms with Crippen LogP contribution in [0, 0.1) is 27.2 Å². The summed E-state index contributed by atoms with van der Waals surface area (Å²) in [6.07, 6.45) is 5.08. The number of nitrogens with one attached hydrogen (secondary N) is 1. The minimum absolute atomic E-state index is 0.103. The van der Waals surface area contributed by atoms with Gasteiger partial charge < -0.3 is 10.1 Å². The fourth-order valence-electron chi connectivity index (χ4n) is 1.20. The predicted molar refractivity (Wildman–Crippen MR) is 64.7 cm³/mol. The number of nitro groups is 2. The van der Waals surface area contributed by atoms with Gasteiger partial charge in [-0.15, -0.1) is 0 Å². The smallest absolute Gasteiger partial charge is 0.317 e. The van der Waals surface area contributed by atoms with Gasteiger partial charge in [0.05, 0.1) is 22.2 Å². The number of aryl methyl sites for hydroxylation is 1. The van der Waals surface area contributed by atoms with Gasteiger partial charge in [-0.25, -0.2) is 4.98 Å². The van der Waals surface area contributed by atoms with Gasteiger partial charge in [0, 0.05) is 24.0 Å². The highest BCUT2D eigenvalue weighted by molar-refractivity contribution is 5.57. The molecule has 0 amide bonds. The molecule has 1 heterocycles. The lowest BCUT2D eigenvalue weighted by Crippen LogP contribution is -1.94. The Morgan fingerprint density at radius 1 is 1.26 bits per heavy atom. The number of hydrogen-bond acceptors (Lipinski definition) is 6. The maximum atomic E-state index is 10.4. The Kier molecular flexibility index (Phi) is 4.52. The molecule has 0 fully saturated rings. The summed E-state index contributed by atoms with van der Waals surface area (Å²) >= 11 is 0. The molecule has 0 atom stereocenters. The minimum Gasteiger partial charge on any atom is -0.502 e. The van der Waals surface area contributed by atoms with Crippen LogP contribution in [-0.4, -0.2) is 24.9 Å². The Labute approximate surface area is 106 Å². The number of nitro benzene ring substituents is 2. The number of aromatic hydroxyl groups is 1. The molecule has 0 aliphatic rings. The van der Waals surface area contributed by atoms with Gasteiger partial charge in [-0.1, -0.05) is 0 Å². The number of aromatic nitrogens is 2. The molecule has 2 aromatic rings. The molecule has 0 aliphatic carbocycles. The molecular weight excluding hydrogens is 256 g/mol. The van der Waals surface area contributed by atoms with Gasteiger partial charge >= 0.3 is 5.69 Å². The monoisotopic (exact) mass is 266 g/mol. The van der Waals surface area contributed by atoms with E-state index in [0.29, 0.717) is 0 Å². The molecule has 2 N–H and O–H groups in total. The number of aromatic amines is 1. The molecule has 0 radical (unpaired) electrons. The maximum absolute atomic E-state index is 10.4. The molecule has 9 nitrogen and oxygen atoms in total. The molecule has 0 aliphatic heterocycles. The summed E-state index contributed by atoms with van der Waals surface area (Å²) in [4.78, 5) is 25.5. The van der Waals surface area contributed by atoms with Crippen LogP contribution in [0.1, 0.15) is 5.56 Å². The third-order valence-corrected chi connectivity index (χ3v) is 2.08. The number of hydrogen-bond donors (Lipinski definition) is 2. The molecule has 0 saturated carbocycles. The van der Waals surface area contributed by atoms with E-state index in [1.165, 1.54) is 6.92 Å². The van der Waals surface area contributed by atoms with Crippen molar-refractivity contribution in [3.8, 4) is 5.75 Å². The number of phenols is 1. The Morgan fingerprint density at radius 2 is 1.95 bits per heavy atom. The Bertz CT molecular complexity index is 565. The van der Waals surface area contributed by atoms with Crippen molar-refractivity contribution in [2.75, 3.05) is 0 Å². The highest BCUT2D eigenvalue weighted by atomic mass is 16.6. The molecule has 19 heavy (non-hydrogen) atoms. The maximum Gasteiger partial charge on any atom is 0.317 e. The molecule has 9 heteroatoms. The van der Waals surface area contributed by atoms with E-state index in [1.54, 1.807) is 18.7 Å². The second-order valence-corrected chi connectivity index (χ2v) is 3.41. The van der Waals surface area contributed by atoms with Gasteiger partial charge in [-0.3, -0.25) is 20.2 Å². The normalized spacial score (nSPS) is 9.32. The zero-order chi connectivity index (χ0) is 14.4. The van der Waals surface area contributed by atoms with Crippen LogP contribution in [0.15, 0.2) is 30.9 Å². The SMILES string of the molecule is Cc1cc([N+](=O)[O-])cc([N+](=O)[O-])c1O.c1c[nH]cn1. The minimum atomic E-state index is -0.866. The highest BCUT2D eigenvalue weighted by Crippen LogP contribution is 2.33. The van der Waals surface area contributed by atoms with Crippen molar-refractivity contribution in [1.82, 2.24) is 9.97 Å². The van der Waals surface area contributed by atoms with Crippen molar-refractivity contribution in [3.05, 3.63) is 56.6 Å². The first-order valence-electron chi connectivity index (χ1n) is 4.98. The van der Waals surface area contributed by atoms with Crippen molar-refractivity contribution < 1.29 is 15.0 Å². The molecule has 2 rings (SSSR count). The zero-order valence-electron chi connectivity index (χ0n) is 9.81. The van der Waals surface area contributed by atoms with Gasteiger partial charge in [-0.2, -0.15) is 0 Å². The highest BCUT2D eigenvalue weighted by Gasteiger charge is 2.21. The van der Waals surface area contributed by atoms with Crippen molar-refractivity contribution >= 4 is 11.4 Å². The summed E-state index contributed by atoms with van der Waals surface area (Å²) in [5.74, 6) is -0.541. The number of nitrogens with zero attached hydrogens (tertiary/aromatic N) is 3. The molecule has 0 saturated heterocycles. The molecule has 0 unspecified atom stereocenters. The zero-order valence-corrected chi connectivity index (χ0v) is 9.81. The summed E-state index contributed by atoms with van der Waals surface area (Å²) in [6.45, 7) is 1.36. The fourth-order valence-corrected chi connectivity index (χ4v) is 1.20. The Morgan fingerprint density at radius 3 is 2.32 bits per heavy atom. The van der Waals surface area contributed by atoms with Gasteiger partial charge in [0.25, 0.3) is 5.69 Å². The lowest BCUT2D eigenvalue weighted by Gasteiger charge is -1.99. The molecule has 1 aromatic heterocycles. The molecule has 1 aromatic carbocycles. The standard InChI is InChI=1S/C7H6N2O5.C3H4N2/c1-4-2-5(8(11)12)3-6(7(4)10)9(13)14;1-2-5-3-4-1/h2-3,10H,1H3;1-3H,(H,4,5). The Balaban J connectivity index is 0.000000300. The van der Waals surface area contributed by atoms with Crippen molar-refractivity contribution in [2.24, 2.45) is 0 Å². The number of rotatable bonds is 2. The van der Waals surface area contributed by atoms with Crippen molar-refractivity contribution in [1.29, 1.82) is 0 Å². The average Bonchev–Trinajstić information content (AvgIpc) is 2.90. The van der Waals surface area contributed by atoms with E-state index in [9.17, 15) is 25.3 Å². The van der Waals surface area contributed by atoms with E-state index in [1.807, 2.05) is 0 Å². The third kappa shape index (κ3) is 3.77. The van der Waals surface area contributed by atoms with Crippen LogP contribution < -0.4 is 0 Å². The molecule has 0 bridgehead atoms. The lowest BCUT2D eigenvalue weighted by atomic mass is 10.1. The molecule has 100 valence electrons. The Hall–Kier alpha value is -2.97. The van der Waals surface area contributed by atoms with Crippen LogP contribution in [0.5, 0.6) is 5.75 Å². The number of imidazole rings is 1. The first-order chi connectivity index (χ1) is 8.93. The average molecular weight is 266 g/mol. The topological polar surface area (TPSA) is 135 Å². The summed E-state index contributed by atoms with van der Waals surface area (Å²) in [5, 5.41) is 29.9. The number of benzene rings is 1. The van der Waals surface area contributed by atoms with Crippen LogP contribution in [0.4, 0.5) is 11.4 Å². The van der Waals surface area contributed by atoms with Crippen LogP contribution in [0.25, 0.3) is 0 Å². The fraction of sp³-hybridized carbons (Fsp3) is 0.100. The predicted octanol–water partition coefficient (Wildman–Crippen LogP) is 1.93. The van der Waals surface area contributed by atoms with E-state index in [0.717, 1.165) is 12.1 Å². The molecular formula is C10H10N4O5.